The third-order valence-corrected chi connectivity index (χ3v) is 3.10. The molecule has 0 spiro atoms. The van der Waals surface area contributed by atoms with Gasteiger partial charge in [0.1, 0.15) is 6.54 Å². The highest BCUT2D eigenvalue weighted by Gasteiger charge is 2.32. The molecule has 1 heterocycles. The van der Waals surface area contributed by atoms with E-state index < -0.39 is 5.97 Å². The molecule has 1 aliphatic carbocycles. The van der Waals surface area contributed by atoms with Crippen molar-refractivity contribution in [2.45, 2.75) is 25.8 Å². The average molecular weight is 212 g/mol. The predicted octanol–water partition coefficient (Wildman–Crippen LogP) is 1.50. The zero-order valence-electron chi connectivity index (χ0n) is 7.93. The van der Waals surface area contributed by atoms with Gasteiger partial charge >= 0.3 is 5.97 Å². The monoisotopic (exact) mass is 212 g/mol. The molecule has 0 aromatic carbocycles. The van der Waals surface area contributed by atoms with Crippen molar-refractivity contribution in [3.05, 3.63) is 11.1 Å². The minimum Gasteiger partial charge on any atom is -0.480 e. The van der Waals surface area contributed by atoms with Crippen LogP contribution in [0.2, 0.25) is 0 Å². The molecule has 0 atom stereocenters. The van der Waals surface area contributed by atoms with Crippen molar-refractivity contribution in [3.8, 4) is 0 Å². The molecule has 0 amide bonds. The van der Waals surface area contributed by atoms with Gasteiger partial charge in [0.25, 0.3) is 0 Å². The first-order chi connectivity index (χ1) is 6.66. The van der Waals surface area contributed by atoms with Gasteiger partial charge in [0.15, 0.2) is 5.13 Å². The molecule has 5 heteroatoms. The fraction of sp³-hybridized carbons (Fsp3) is 0.556. The Kier molecular flexibility index (Phi) is 2.41. The van der Waals surface area contributed by atoms with E-state index >= 15 is 0 Å². The van der Waals surface area contributed by atoms with Gasteiger partial charge in [-0.15, -0.1) is 11.3 Å². The van der Waals surface area contributed by atoms with Crippen molar-refractivity contribution in [1.29, 1.82) is 0 Å². The molecule has 1 fully saturated rings. The summed E-state index contributed by atoms with van der Waals surface area (Å²) in [5.41, 5.74) is 0. The molecule has 0 radical (unpaired) electrons. The van der Waals surface area contributed by atoms with Crippen molar-refractivity contribution in [2.75, 3.05) is 11.4 Å². The summed E-state index contributed by atoms with van der Waals surface area (Å²) in [5.74, 6) is -0.787. The number of aromatic nitrogens is 1. The predicted molar refractivity (Wildman–Crippen MR) is 54.9 cm³/mol. The first kappa shape index (κ1) is 9.45. The number of aliphatic carboxylic acids is 1. The highest BCUT2D eigenvalue weighted by Crippen LogP contribution is 2.33. The van der Waals surface area contributed by atoms with Gasteiger partial charge in [-0.1, -0.05) is 0 Å². The van der Waals surface area contributed by atoms with Crippen LogP contribution in [-0.2, 0) is 4.79 Å². The average Bonchev–Trinajstić information content (AvgIpc) is 2.85. The zero-order valence-corrected chi connectivity index (χ0v) is 8.75. The fourth-order valence-electron chi connectivity index (χ4n) is 1.36. The van der Waals surface area contributed by atoms with Crippen LogP contribution in [0.5, 0.6) is 0 Å². The molecular formula is C9H12N2O2S. The number of anilines is 1. The van der Waals surface area contributed by atoms with Crippen molar-refractivity contribution in [3.63, 3.8) is 0 Å². The normalized spacial score (nSPS) is 15.5. The third-order valence-electron chi connectivity index (χ3n) is 2.15. The van der Waals surface area contributed by atoms with Crippen LogP contribution in [0.15, 0.2) is 6.20 Å². The smallest absolute Gasteiger partial charge is 0.323 e. The molecule has 0 saturated heterocycles. The molecule has 0 unspecified atom stereocenters. The second-order valence-electron chi connectivity index (χ2n) is 3.51. The lowest BCUT2D eigenvalue weighted by atomic mass is 10.5. The topological polar surface area (TPSA) is 53.4 Å². The molecular weight excluding hydrogens is 200 g/mol. The lowest BCUT2D eigenvalue weighted by Gasteiger charge is -2.18. The van der Waals surface area contributed by atoms with E-state index in [9.17, 15) is 4.79 Å². The van der Waals surface area contributed by atoms with Crippen LogP contribution < -0.4 is 4.90 Å². The highest BCUT2D eigenvalue weighted by atomic mass is 32.1. The van der Waals surface area contributed by atoms with Crippen LogP contribution in [0.25, 0.3) is 0 Å². The number of carboxylic acid groups (broad SMARTS) is 1. The molecule has 76 valence electrons. The molecule has 1 aromatic rings. The van der Waals surface area contributed by atoms with E-state index in [1.165, 1.54) is 0 Å². The van der Waals surface area contributed by atoms with Gasteiger partial charge < -0.3 is 10.0 Å². The van der Waals surface area contributed by atoms with Crippen LogP contribution in [0.4, 0.5) is 5.13 Å². The third kappa shape index (κ3) is 2.04. The Morgan fingerprint density at radius 3 is 2.93 bits per heavy atom. The molecule has 0 aliphatic heterocycles. The van der Waals surface area contributed by atoms with E-state index in [2.05, 4.69) is 4.98 Å². The molecule has 0 bridgehead atoms. The van der Waals surface area contributed by atoms with Gasteiger partial charge in [-0.2, -0.15) is 0 Å². The number of thiazole rings is 1. The number of carbonyl (C=O) groups is 1. The molecule has 14 heavy (non-hydrogen) atoms. The van der Waals surface area contributed by atoms with E-state index in [4.69, 9.17) is 5.11 Å². The quantitative estimate of drug-likeness (QED) is 0.821. The second kappa shape index (κ2) is 3.57. The van der Waals surface area contributed by atoms with E-state index in [0.717, 1.165) is 22.9 Å². The number of hydrogen-bond donors (Lipinski definition) is 1. The summed E-state index contributed by atoms with van der Waals surface area (Å²) >= 11 is 1.56. The van der Waals surface area contributed by atoms with Crippen LogP contribution in [0.1, 0.15) is 17.7 Å². The van der Waals surface area contributed by atoms with Crippen LogP contribution in [0.3, 0.4) is 0 Å². The van der Waals surface area contributed by atoms with Crippen molar-refractivity contribution >= 4 is 22.4 Å². The second-order valence-corrected chi connectivity index (χ2v) is 4.72. The Morgan fingerprint density at radius 1 is 1.79 bits per heavy atom. The molecule has 1 N–H and O–H groups in total. The van der Waals surface area contributed by atoms with Crippen molar-refractivity contribution < 1.29 is 9.90 Å². The van der Waals surface area contributed by atoms with Gasteiger partial charge in [-0.25, -0.2) is 4.98 Å². The van der Waals surface area contributed by atoms with Gasteiger partial charge in [-0.05, 0) is 19.8 Å². The maximum Gasteiger partial charge on any atom is 0.323 e. The summed E-state index contributed by atoms with van der Waals surface area (Å²) in [6.45, 7) is 2.05. The Labute approximate surface area is 86.2 Å². The number of nitrogens with zero attached hydrogens (tertiary/aromatic N) is 2. The number of hydrogen-bond acceptors (Lipinski definition) is 4. The lowest BCUT2D eigenvalue weighted by Crippen LogP contribution is -2.31. The number of rotatable bonds is 4. The molecule has 1 aromatic heterocycles. The summed E-state index contributed by atoms with van der Waals surface area (Å²) in [4.78, 5) is 17.9. The summed E-state index contributed by atoms with van der Waals surface area (Å²) in [7, 11) is 0. The lowest BCUT2D eigenvalue weighted by molar-refractivity contribution is -0.135. The van der Waals surface area contributed by atoms with Crippen molar-refractivity contribution in [1.82, 2.24) is 4.98 Å². The first-order valence-electron chi connectivity index (χ1n) is 4.57. The molecule has 2 rings (SSSR count). The fourth-order valence-corrected chi connectivity index (χ4v) is 2.19. The minimum atomic E-state index is -0.787. The first-order valence-corrected chi connectivity index (χ1v) is 5.39. The van der Waals surface area contributed by atoms with E-state index in [-0.39, 0.29) is 6.54 Å². The summed E-state index contributed by atoms with van der Waals surface area (Å²) < 4.78 is 0. The van der Waals surface area contributed by atoms with E-state index in [1.54, 1.807) is 17.5 Å². The van der Waals surface area contributed by atoms with E-state index in [0.29, 0.717) is 6.04 Å². The summed E-state index contributed by atoms with van der Waals surface area (Å²) in [6.07, 6.45) is 3.97. The maximum atomic E-state index is 10.7. The van der Waals surface area contributed by atoms with Gasteiger partial charge in [0, 0.05) is 17.1 Å². The highest BCUT2D eigenvalue weighted by molar-refractivity contribution is 7.15. The molecule has 1 aliphatic rings. The molecule has 1 saturated carbocycles. The number of aryl methyl sites for hydroxylation is 1. The summed E-state index contributed by atoms with van der Waals surface area (Å²) in [6, 6.07) is 0.400. The van der Waals surface area contributed by atoms with Gasteiger partial charge in [0.2, 0.25) is 0 Å². The van der Waals surface area contributed by atoms with Gasteiger partial charge in [-0.3, -0.25) is 4.79 Å². The number of carboxylic acids is 1. The zero-order chi connectivity index (χ0) is 10.1. The minimum absolute atomic E-state index is 0.0671. The van der Waals surface area contributed by atoms with Crippen LogP contribution in [0, 0.1) is 6.92 Å². The Morgan fingerprint density at radius 2 is 2.50 bits per heavy atom. The van der Waals surface area contributed by atoms with E-state index in [1.807, 2.05) is 11.8 Å². The largest absolute Gasteiger partial charge is 0.480 e. The standard InChI is InChI=1S/C9H12N2O2S/c1-6-4-10-9(14-6)11(5-8(12)13)7-2-3-7/h4,7H,2-3,5H2,1H3,(H,12,13). The van der Waals surface area contributed by atoms with Crippen LogP contribution in [-0.4, -0.2) is 28.6 Å². The van der Waals surface area contributed by atoms with Crippen LogP contribution >= 0.6 is 11.3 Å². The SMILES string of the molecule is Cc1cnc(N(CC(=O)O)C2CC2)s1. The van der Waals surface area contributed by atoms with Gasteiger partial charge in [0.05, 0.1) is 0 Å². The molecule has 4 nitrogen and oxygen atoms in total. The Bertz CT molecular complexity index is 346. The Balaban J connectivity index is 2.13. The van der Waals surface area contributed by atoms with Crippen molar-refractivity contribution in [2.24, 2.45) is 0 Å². The Hall–Kier alpha value is -1.10. The maximum absolute atomic E-state index is 10.7. The summed E-state index contributed by atoms with van der Waals surface area (Å²) in [5, 5.41) is 9.60.